The van der Waals surface area contributed by atoms with Crippen molar-refractivity contribution in [1.82, 2.24) is 9.97 Å². The minimum atomic E-state index is -4.78. The Kier molecular flexibility index (Phi) is 7.39. The van der Waals surface area contributed by atoms with Crippen LogP contribution >= 0.6 is 11.9 Å². The first kappa shape index (κ1) is 25.1. The Morgan fingerprint density at radius 2 is 1.97 bits per heavy atom. The average Bonchev–Trinajstić information content (AvgIpc) is 2.94. The van der Waals surface area contributed by atoms with Gasteiger partial charge in [0.05, 0.1) is 17.2 Å². The van der Waals surface area contributed by atoms with Crippen molar-refractivity contribution in [3.63, 3.8) is 0 Å². The SMILES string of the molecule is CC1CN(c2ncc(C(F)(F)F)cc2C(=O)Nc2ccnc(SN)c2)CCC(C(F)(F)F)O1. The Labute approximate surface area is 188 Å². The molecule has 33 heavy (non-hydrogen) atoms. The van der Waals surface area contributed by atoms with Gasteiger partial charge in [-0.1, -0.05) is 0 Å². The van der Waals surface area contributed by atoms with Crippen LogP contribution < -0.4 is 15.4 Å². The summed E-state index contributed by atoms with van der Waals surface area (Å²) in [6.45, 7) is 1.08. The molecule has 0 aliphatic carbocycles. The molecule has 2 unspecified atom stereocenters. The van der Waals surface area contributed by atoms with E-state index in [9.17, 15) is 31.1 Å². The summed E-state index contributed by atoms with van der Waals surface area (Å²) in [7, 11) is 0. The Hall–Kier alpha value is -2.58. The normalized spacial score (nSPS) is 19.8. The quantitative estimate of drug-likeness (QED) is 0.484. The van der Waals surface area contributed by atoms with E-state index in [4.69, 9.17) is 9.88 Å². The molecule has 3 N–H and O–H groups in total. The molecule has 3 rings (SSSR count). The summed E-state index contributed by atoms with van der Waals surface area (Å²) in [4.78, 5) is 22.0. The van der Waals surface area contributed by atoms with E-state index < -0.39 is 48.0 Å². The lowest BCUT2D eigenvalue weighted by atomic mass is 10.1. The largest absolute Gasteiger partial charge is 0.417 e. The lowest BCUT2D eigenvalue weighted by Crippen LogP contribution is -2.34. The molecule has 0 radical (unpaired) electrons. The number of ether oxygens (including phenoxy) is 1. The molecule has 2 aromatic heterocycles. The molecule has 0 aromatic carbocycles. The van der Waals surface area contributed by atoms with Crippen molar-refractivity contribution in [1.29, 1.82) is 0 Å². The molecule has 2 aromatic rings. The zero-order valence-corrected chi connectivity index (χ0v) is 17.9. The van der Waals surface area contributed by atoms with Crippen molar-refractivity contribution >= 4 is 29.4 Å². The maximum Gasteiger partial charge on any atom is 0.417 e. The van der Waals surface area contributed by atoms with Crippen LogP contribution in [0.1, 0.15) is 29.3 Å². The molecular formula is C19H19F6N5O2S. The number of alkyl halides is 6. The second-order valence-corrected chi connectivity index (χ2v) is 7.91. The third-order valence-corrected chi connectivity index (χ3v) is 5.22. The van der Waals surface area contributed by atoms with E-state index in [1.807, 2.05) is 0 Å². The van der Waals surface area contributed by atoms with Gasteiger partial charge in [-0.3, -0.25) is 9.93 Å². The first-order valence-corrected chi connectivity index (χ1v) is 10.4. The van der Waals surface area contributed by atoms with Gasteiger partial charge in [-0.05, 0) is 37.1 Å². The van der Waals surface area contributed by atoms with Gasteiger partial charge in [-0.25, -0.2) is 9.97 Å². The highest BCUT2D eigenvalue weighted by Crippen LogP contribution is 2.34. The van der Waals surface area contributed by atoms with Crippen molar-refractivity contribution in [2.45, 2.75) is 42.9 Å². The highest BCUT2D eigenvalue weighted by Gasteiger charge is 2.43. The number of amides is 1. The molecule has 3 heterocycles. The molecule has 1 aliphatic rings. The number of carbonyl (C=O) groups excluding carboxylic acids is 1. The summed E-state index contributed by atoms with van der Waals surface area (Å²) in [5.41, 5.74) is -1.39. The van der Waals surface area contributed by atoms with Gasteiger partial charge in [0, 0.05) is 37.6 Å². The fourth-order valence-corrected chi connectivity index (χ4v) is 3.60. The molecule has 1 saturated heterocycles. The Morgan fingerprint density at radius 1 is 1.24 bits per heavy atom. The minimum absolute atomic E-state index is 0.103. The van der Waals surface area contributed by atoms with Gasteiger partial charge in [0.25, 0.3) is 5.91 Å². The number of carbonyl (C=O) groups is 1. The summed E-state index contributed by atoms with van der Waals surface area (Å²) < 4.78 is 84.4. The van der Waals surface area contributed by atoms with E-state index >= 15 is 0 Å². The maximum atomic E-state index is 13.3. The van der Waals surface area contributed by atoms with Crippen LogP contribution in [0.2, 0.25) is 0 Å². The highest BCUT2D eigenvalue weighted by molar-refractivity contribution is 7.97. The van der Waals surface area contributed by atoms with E-state index in [0.717, 1.165) is 11.9 Å². The van der Waals surface area contributed by atoms with E-state index in [2.05, 4.69) is 15.3 Å². The number of hydrogen-bond donors (Lipinski definition) is 2. The first-order valence-electron chi connectivity index (χ1n) is 9.57. The number of nitrogens with one attached hydrogen (secondary N) is 1. The topological polar surface area (TPSA) is 93.4 Å². The third-order valence-electron chi connectivity index (χ3n) is 4.75. The number of pyridine rings is 2. The molecule has 0 bridgehead atoms. The van der Waals surface area contributed by atoms with Gasteiger partial charge in [0.1, 0.15) is 10.8 Å². The van der Waals surface area contributed by atoms with Crippen LogP contribution in [0.4, 0.5) is 37.8 Å². The number of hydrogen-bond acceptors (Lipinski definition) is 7. The Balaban J connectivity index is 1.96. The summed E-state index contributed by atoms with van der Waals surface area (Å²) in [5.74, 6) is -1.10. The smallest absolute Gasteiger partial charge is 0.364 e. The first-order chi connectivity index (χ1) is 15.4. The van der Waals surface area contributed by atoms with Crippen molar-refractivity contribution in [3.8, 4) is 0 Å². The van der Waals surface area contributed by atoms with Gasteiger partial charge in [-0.15, -0.1) is 0 Å². The van der Waals surface area contributed by atoms with Crippen LogP contribution in [0.5, 0.6) is 0 Å². The molecule has 180 valence electrons. The summed E-state index contributed by atoms with van der Waals surface area (Å²) in [5, 5.41) is 8.24. The number of nitrogens with two attached hydrogens (primary N) is 1. The number of halogens is 6. The molecule has 1 aliphatic heterocycles. The molecule has 1 fully saturated rings. The molecule has 14 heteroatoms. The lowest BCUT2D eigenvalue weighted by Gasteiger charge is -2.25. The summed E-state index contributed by atoms with van der Waals surface area (Å²) in [6, 6.07) is 3.45. The van der Waals surface area contributed by atoms with Crippen LogP contribution in [0.15, 0.2) is 35.6 Å². The van der Waals surface area contributed by atoms with Crippen LogP contribution in [0, 0.1) is 0 Å². The summed E-state index contributed by atoms with van der Waals surface area (Å²) in [6.07, 6.45) is -10.9. The van der Waals surface area contributed by atoms with Crippen molar-refractivity contribution in [3.05, 3.63) is 41.7 Å². The van der Waals surface area contributed by atoms with Crippen LogP contribution in [0.25, 0.3) is 0 Å². The van der Waals surface area contributed by atoms with Crippen molar-refractivity contribution in [2.75, 3.05) is 23.3 Å². The number of aromatic nitrogens is 2. The molecule has 0 saturated carbocycles. The zero-order valence-electron chi connectivity index (χ0n) is 17.1. The fourth-order valence-electron chi connectivity index (χ4n) is 3.28. The number of rotatable bonds is 4. The van der Waals surface area contributed by atoms with E-state index in [1.54, 1.807) is 0 Å². The van der Waals surface area contributed by atoms with Gasteiger partial charge >= 0.3 is 12.4 Å². The monoisotopic (exact) mass is 495 g/mol. The Morgan fingerprint density at radius 3 is 2.61 bits per heavy atom. The van der Waals surface area contributed by atoms with E-state index in [1.165, 1.54) is 30.2 Å². The van der Waals surface area contributed by atoms with E-state index in [0.29, 0.717) is 17.3 Å². The Bertz CT molecular complexity index is 1000. The van der Waals surface area contributed by atoms with E-state index in [-0.39, 0.29) is 24.6 Å². The molecule has 7 nitrogen and oxygen atoms in total. The maximum absolute atomic E-state index is 13.3. The molecule has 1 amide bonds. The second kappa shape index (κ2) is 9.73. The van der Waals surface area contributed by atoms with Gasteiger partial charge in [0.2, 0.25) is 0 Å². The van der Waals surface area contributed by atoms with Gasteiger partial charge < -0.3 is 15.0 Å². The van der Waals surface area contributed by atoms with Crippen molar-refractivity contribution < 1.29 is 35.9 Å². The molecular weight excluding hydrogens is 476 g/mol. The predicted octanol–water partition coefficient (Wildman–Crippen LogP) is 4.26. The third kappa shape index (κ3) is 6.26. The standard InChI is InChI=1S/C19H19F6N5O2S/c1-10-9-30(5-3-14(32-10)19(23,24)25)16-13(6-11(8-28-16)18(20,21)22)17(31)29-12-2-4-27-15(7-12)33-26/h2,4,6-8,10,14H,3,5,9,26H2,1H3,(H,27,29,31). The van der Waals surface area contributed by atoms with Gasteiger partial charge in [0.15, 0.2) is 6.10 Å². The average molecular weight is 495 g/mol. The molecule has 0 spiro atoms. The second-order valence-electron chi connectivity index (χ2n) is 7.26. The van der Waals surface area contributed by atoms with Crippen molar-refractivity contribution in [2.24, 2.45) is 5.14 Å². The zero-order chi connectivity index (χ0) is 24.4. The van der Waals surface area contributed by atoms with Crippen LogP contribution in [0.3, 0.4) is 0 Å². The molecule has 2 atom stereocenters. The van der Waals surface area contributed by atoms with Gasteiger partial charge in [-0.2, -0.15) is 26.3 Å². The fraction of sp³-hybridized carbons (Fsp3) is 0.421. The lowest BCUT2D eigenvalue weighted by molar-refractivity contribution is -0.228. The van der Waals surface area contributed by atoms with Crippen LogP contribution in [-0.4, -0.2) is 47.3 Å². The van der Waals surface area contributed by atoms with Crippen LogP contribution in [-0.2, 0) is 10.9 Å². The minimum Gasteiger partial charge on any atom is -0.364 e. The highest BCUT2D eigenvalue weighted by atomic mass is 32.2. The number of anilines is 2. The summed E-state index contributed by atoms with van der Waals surface area (Å²) >= 11 is 0.805. The predicted molar refractivity (Wildman–Crippen MR) is 109 cm³/mol. The number of nitrogens with zero attached hydrogens (tertiary/aromatic N) is 3.